The van der Waals surface area contributed by atoms with Crippen LogP contribution in [0.25, 0.3) is 11.3 Å². The highest BCUT2D eigenvalue weighted by Gasteiger charge is 2.41. The predicted octanol–water partition coefficient (Wildman–Crippen LogP) is 3.32. The summed E-state index contributed by atoms with van der Waals surface area (Å²) in [7, 11) is 1.60. The van der Waals surface area contributed by atoms with E-state index in [1.165, 1.54) is 0 Å². The SMILES string of the molecule is COc1cccc(-c2[nH]nc3c2C(c2ccoc2)C(C#N)C(=N)O3)c1. The summed E-state index contributed by atoms with van der Waals surface area (Å²) in [4.78, 5) is 0. The van der Waals surface area contributed by atoms with Gasteiger partial charge in [0.05, 0.1) is 37.0 Å². The lowest BCUT2D eigenvalue weighted by atomic mass is 9.80. The number of rotatable bonds is 3. The van der Waals surface area contributed by atoms with E-state index in [1.807, 2.05) is 24.3 Å². The molecule has 0 radical (unpaired) electrons. The molecule has 7 heteroatoms. The van der Waals surface area contributed by atoms with Crippen LogP contribution in [0.5, 0.6) is 11.6 Å². The lowest BCUT2D eigenvalue weighted by molar-refractivity contribution is 0.415. The highest BCUT2D eigenvalue weighted by Crippen LogP contribution is 2.45. The van der Waals surface area contributed by atoms with Gasteiger partial charge in [0.2, 0.25) is 11.8 Å². The van der Waals surface area contributed by atoms with Gasteiger partial charge in [-0.05, 0) is 23.8 Å². The zero-order valence-corrected chi connectivity index (χ0v) is 13.3. The first-order valence-electron chi connectivity index (χ1n) is 7.63. The summed E-state index contributed by atoms with van der Waals surface area (Å²) < 4.78 is 16.0. The molecule has 0 spiro atoms. The van der Waals surface area contributed by atoms with Crippen LogP contribution in [0.3, 0.4) is 0 Å². The molecule has 0 saturated heterocycles. The van der Waals surface area contributed by atoms with E-state index in [1.54, 1.807) is 25.7 Å². The van der Waals surface area contributed by atoms with Crippen molar-refractivity contribution in [1.82, 2.24) is 10.2 Å². The molecule has 124 valence electrons. The van der Waals surface area contributed by atoms with Crippen molar-refractivity contribution in [2.45, 2.75) is 5.92 Å². The molecule has 3 aromatic rings. The van der Waals surface area contributed by atoms with Gasteiger partial charge in [-0.15, -0.1) is 5.10 Å². The van der Waals surface area contributed by atoms with Crippen molar-refractivity contribution in [3.8, 4) is 29.0 Å². The Bertz CT molecular complexity index is 969. The Kier molecular flexibility index (Phi) is 3.51. The van der Waals surface area contributed by atoms with E-state index in [4.69, 9.17) is 19.3 Å². The van der Waals surface area contributed by atoms with E-state index in [0.717, 1.165) is 22.4 Å². The number of fused-ring (bicyclic) bond motifs is 1. The highest BCUT2D eigenvalue weighted by atomic mass is 16.5. The van der Waals surface area contributed by atoms with Crippen LogP contribution in [-0.4, -0.2) is 23.2 Å². The summed E-state index contributed by atoms with van der Waals surface area (Å²) >= 11 is 0. The zero-order valence-electron chi connectivity index (χ0n) is 13.3. The van der Waals surface area contributed by atoms with Crippen LogP contribution in [0.1, 0.15) is 17.0 Å². The maximum atomic E-state index is 9.59. The molecule has 2 N–H and O–H groups in total. The van der Waals surface area contributed by atoms with Gasteiger partial charge in [-0.1, -0.05) is 12.1 Å². The number of benzene rings is 1. The normalized spacial score (nSPS) is 19.0. The van der Waals surface area contributed by atoms with Gasteiger partial charge in [-0.3, -0.25) is 10.5 Å². The number of aromatic nitrogens is 2. The average Bonchev–Trinajstić information content (AvgIpc) is 3.30. The van der Waals surface area contributed by atoms with Crippen LogP contribution in [0.2, 0.25) is 0 Å². The van der Waals surface area contributed by atoms with Gasteiger partial charge >= 0.3 is 0 Å². The van der Waals surface area contributed by atoms with Gasteiger partial charge in [-0.2, -0.15) is 5.26 Å². The molecule has 1 aliphatic rings. The average molecular weight is 334 g/mol. The Morgan fingerprint density at radius 1 is 1.36 bits per heavy atom. The van der Waals surface area contributed by atoms with Crippen LogP contribution in [0.4, 0.5) is 0 Å². The number of nitrogens with one attached hydrogen (secondary N) is 2. The minimum atomic E-state index is -0.757. The molecular formula is C18H14N4O3. The van der Waals surface area contributed by atoms with Crippen LogP contribution < -0.4 is 9.47 Å². The first-order chi connectivity index (χ1) is 12.2. The van der Waals surface area contributed by atoms with Crippen molar-refractivity contribution in [3.05, 3.63) is 54.0 Å². The van der Waals surface area contributed by atoms with Gasteiger partial charge in [-0.25, -0.2) is 0 Å². The maximum absolute atomic E-state index is 9.59. The minimum Gasteiger partial charge on any atom is -0.497 e. The summed E-state index contributed by atoms with van der Waals surface area (Å²) in [5.74, 6) is -0.264. The Balaban J connectivity index is 1.92. The molecule has 0 saturated carbocycles. The number of aromatic amines is 1. The molecule has 25 heavy (non-hydrogen) atoms. The first-order valence-corrected chi connectivity index (χ1v) is 7.63. The van der Waals surface area contributed by atoms with Gasteiger partial charge in [0.1, 0.15) is 11.7 Å². The first kappa shape index (κ1) is 15.0. The van der Waals surface area contributed by atoms with Gasteiger partial charge < -0.3 is 13.9 Å². The fraction of sp³-hybridized carbons (Fsp3) is 0.167. The molecule has 3 heterocycles. The molecule has 4 rings (SSSR count). The van der Waals surface area contributed by atoms with Crippen molar-refractivity contribution in [3.63, 3.8) is 0 Å². The second kappa shape index (κ2) is 5.83. The van der Waals surface area contributed by atoms with E-state index in [9.17, 15) is 5.26 Å². The number of hydrogen-bond donors (Lipinski definition) is 2. The van der Waals surface area contributed by atoms with Crippen molar-refractivity contribution >= 4 is 5.90 Å². The highest BCUT2D eigenvalue weighted by molar-refractivity contribution is 5.86. The number of methoxy groups -OCH3 is 1. The molecule has 0 bridgehead atoms. The number of nitrogens with zero attached hydrogens (tertiary/aromatic N) is 2. The predicted molar refractivity (Wildman–Crippen MR) is 88.6 cm³/mol. The molecule has 2 unspecified atom stereocenters. The molecule has 0 amide bonds. The van der Waals surface area contributed by atoms with Gasteiger partial charge in [0.15, 0.2) is 0 Å². The maximum Gasteiger partial charge on any atom is 0.244 e. The van der Waals surface area contributed by atoms with Crippen LogP contribution in [0.15, 0.2) is 47.3 Å². The second-order valence-corrected chi connectivity index (χ2v) is 5.66. The van der Waals surface area contributed by atoms with Gasteiger partial charge in [0.25, 0.3) is 0 Å². The summed E-state index contributed by atoms with van der Waals surface area (Å²) in [6.07, 6.45) is 3.13. The van der Waals surface area contributed by atoms with Crippen molar-refractivity contribution in [2.24, 2.45) is 5.92 Å². The fourth-order valence-electron chi connectivity index (χ4n) is 3.13. The summed E-state index contributed by atoms with van der Waals surface area (Å²) in [5, 5.41) is 24.8. The summed E-state index contributed by atoms with van der Waals surface area (Å²) in [6.45, 7) is 0. The Hall–Kier alpha value is -3.53. The Labute approximate surface area is 143 Å². The second-order valence-electron chi connectivity index (χ2n) is 5.66. The topological polar surface area (TPSA) is 108 Å². The van der Waals surface area contributed by atoms with E-state index >= 15 is 0 Å². The molecule has 1 aliphatic heterocycles. The van der Waals surface area contributed by atoms with Crippen molar-refractivity contribution < 1.29 is 13.9 Å². The largest absolute Gasteiger partial charge is 0.497 e. The molecule has 0 aliphatic carbocycles. The number of nitriles is 1. The number of H-pyrrole nitrogens is 1. The van der Waals surface area contributed by atoms with Crippen LogP contribution in [0, 0.1) is 22.7 Å². The molecule has 0 fully saturated rings. The third-order valence-corrected chi connectivity index (χ3v) is 4.30. The molecule has 1 aromatic carbocycles. The third-order valence-electron chi connectivity index (χ3n) is 4.30. The van der Waals surface area contributed by atoms with Crippen LogP contribution in [-0.2, 0) is 0 Å². The van der Waals surface area contributed by atoms with E-state index in [2.05, 4.69) is 16.3 Å². The summed E-state index contributed by atoms with van der Waals surface area (Å²) in [6, 6.07) is 11.5. The molecule has 2 atom stereocenters. The monoisotopic (exact) mass is 334 g/mol. The molecule has 2 aromatic heterocycles. The van der Waals surface area contributed by atoms with Gasteiger partial charge in [0, 0.05) is 11.5 Å². The quantitative estimate of drug-likeness (QED) is 0.764. The van der Waals surface area contributed by atoms with E-state index in [0.29, 0.717) is 11.6 Å². The standard InChI is InChI=1S/C18H14N4O3/c1-23-12-4-2-3-10(7-12)16-15-14(11-5-6-24-9-11)13(8-19)17(20)25-18(15)22-21-16/h2-7,9,13-14,20H,1H3,(H,21,22). The van der Waals surface area contributed by atoms with Crippen molar-refractivity contribution in [1.29, 1.82) is 10.7 Å². The summed E-state index contributed by atoms with van der Waals surface area (Å²) in [5.41, 5.74) is 3.12. The Morgan fingerprint density at radius 2 is 2.24 bits per heavy atom. The smallest absolute Gasteiger partial charge is 0.244 e. The minimum absolute atomic E-state index is 0.120. The fourth-order valence-corrected chi connectivity index (χ4v) is 3.13. The third kappa shape index (κ3) is 2.35. The van der Waals surface area contributed by atoms with Crippen LogP contribution >= 0.6 is 0 Å². The number of hydrogen-bond acceptors (Lipinski definition) is 6. The number of ether oxygens (including phenoxy) is 2. The van der Waals surface area contributed by atoms with Crippen molar-refractivity contribution in [2.75, 3.05) is 7.11 Å². The Morgan fingerprint density at radius 3 is 2.96 bits per heavy atom. The van der Waals surface area contributed by atoms with E-state index in [-0.39, 0.29) is 5.90 Å². The van der Waals surface area contributed by atoms with E-state index < -0.39 is 11.8 Å². The molecule has 7 nitrogen and oxygen atoms in total. The molecular weight excluding hydrogens is 320 g/mol. The zero-order chi connectivity index (χ0) is 17.4. The lowest BCUT2D eigenvalue weighted by Gasteiger charge is -2.27. The lowest BCUT2D eigenvalue weighted by Crippen LogP contribution is -2.30. The number of furan rings is 1.